The first kappa shape index (κ1) is 24.8. The van der Waals surface area contributed by atoms with Gasteiger partial charge in [-0.1, -0.05) is 66.7 Å². The molecule has 6 aromatic carbocycles. The van der Waals surface area contributed by atoms with Crippen LogP contribution in [0.3, 0.4) is 0 Å². The Morgan fingerprint density at radius 2 is 0.525 bits per heavy atom. The van der Waals surface area contributed by atoms with Crippen LogP contribution in [0.25, 0.3) is 11.1 Å². The minimum Gasteiger partial charge on any atom is -0.457 e. The maximum Gasteiger partial charge on any atom is 0.131 e. The third-order valence-electron chi connectivity index (χ3n) is 6.06. The lowest BCUT2D eigenvalue weighted by Gasteiger charge is -2.11. The number of rotatable bonds is 9. The van der Waals surface area contributed by atoms with Gasteiger partial charge in [-0.05, 0) is 96.1 Å². The maximum atomic E-state index is 6.18. The molecule has 0 radical (unpaired) electrons. The van der Waals surface area contributed by atoms with E-state index in [-0.39, 0.29) is 0 Å². The normalized spacial score (nSPS) is 10.5. The fourth-order valence-corrected chi connectivity index (χ4v) is 4.18. The lowest BCUT2D eigenvalue weighted by molar-refractivity contribution is 0.460. The zero-order valence-corrected chi connectivity index (χ0v) is 21.6. The topological polar surface area (TPSA) is 36.9 Å². The zero-order valence-electron chi connectivity index (χ0n) is 21.6. The van der Waals surface area contributed by atoms with Crippen molar-refractivity contribution in [2.45, 2.75) is 0 Å². The first-order valence-electron chi connectivity index (χ1n) is 13.0. The third kappa shape index (κ3) is 6.50. The van der Waals surface area contributed by atoms with Crippen LogP contribution in [0.4, 0.5) is 0 Å². The van der Waals surface area contributed by atoms with Crippen LogP contribution in [0.5, 0.6) is 46.0 Å². The summed E-state index contributed by atoms with van der Waals surface area (Å²) in [5.74, 6) is 5.93. The molecule has 194 valence electrons. The molecule has 0 aliphatic rings. The molecule has 0 spiro atoms. The quantitative estimate of drug-likeness (QED) is 0.189. The number of benzene rings is 6. The highest BCUT2D eigenvalue weighted by Gasteiger charge is 2.06. The summed E-state index contributed by atoms with van der Waals surface area (Å²) < 4.78 is 24.1. The fourth-order valence-electron chi connectivity index (χ4n) is 4.18. The number of hydrogen-bond acceptors (Lipinski definition) is 4. The molecule has 4 heteroatoms. The molecule has 0 aliphatic heterocycles. The van der Waals surface area contributed by atoms with Crippen LogP contribution in [-0.2, 0) is 0 Å². The van der Waals surface area contributed by atoms with Gasteiger partial charge < -0.3 is 18.9 Å². The van der Waals surface area contributed by atoms with Gasteiger partial charge in [-0.25, -0.2) is 0 Å². The minimum atomic E-state index is 0.697. The average Bonchev–Trinajstić information content (AvgIpc) is 3.00. The molecular formula is C36H26O4. The molecule has 0 saturated carbocycles. The molecule has 4 nitrogen and oxygen atoms in total. The van der Waals surface area contributed by atoms with Gasteiger partial charge in [0.2, 0.25) is 0 Å². The molecule has 0 unspecified atom stereocenters. The van der Waals surface area contributed by atoms with Crippen molar-refractivity contribution in [3.8, 4) is 57.1 Å². The van der Waals surface area contributed by atoms with Crippen LogP contribution in [0.15, 0.2) is 158 Å². The summed E-state index contributed by atoms with van der Waals surface area (Å²) in [6.45, 7) is 0. The van der Waals surface area contributed by atoms with Gasteiger partial charge in [0.1, 0.15) is 46.0 Å². The van der Waals surface area contributed by atoms with E-state index in [2.05, 4.69) is 12.1 Å². The van der Waals surface area contributed by atoms with Gasteiger partial charge in [-0.15, -0.1) is 0 Å². The molecule has 0 amide bonds. The summed E-state index contributed by atoms with van der Waals surface area (Å²) in [6, 6.07) is 50.6. The Labute approximate surface area is 233 Å². The summed E-state index contributed by atoms with van der Waals surface area (Å²) in [5, 5.41) is 0. The molecular weight excluding hydrogens is 496 g/mol. The average molecular weight is 523 g/mol. The standard InChI is InChI=1S/C36H26O4/c1-3-12-29(13-4-1)37-31-20-22-32(23-21-31)39-33-16-7-10-27(24-33)28-11-8-17-34(25-28)40-36-19-9-18-35(26-36)38-30-14-5-2-6-15-30/h1-26H. The molecule has 6 rings (SSSR count). The van der Waals surface area contributed by atoms with Crippen molar-refractivity contribution in [2.75, 3.05) is 0 Å². The van der Waals surface area contributed by atoms with E-state index in [9.17, 15) is 0 Å². The summed E-state index contributed by atoms with van der Waals surface area (Å²) in [7, 11) is 0. The summed E-state index contributed by atoms with van der Waals surface area (Å²) in [5.41, 5.74) is 2.04. The van der Waals surface area contributed by atoms with Crippen LogP contribution in [0.1, 0.15) is 0 Å². The van der Waals surface area contributed by atoms with Crippen LogP contribution < -0.4 is 18.9 Å². The summed E-state index contributed by atoms with van der Waals surface area (Å²) in [4.78, 5) is 0. The predicted molar refractivity (Wildman–Crippen MR) is 158 cm³/mol. The molecule has 40 heavy (non-hydrogen) atoms. The monoisotopic (exact) mass is 522 g/mol. The van der Waals surface area contributed by atoms with Gasteiger partial charge in [0.25, 0.3) is 0 Å². The van der Waals surface area contributed by atoms with Crippen molar-refractivity contribution >= 4 is 0 Å². The first-order valence-corrected chi connectivity index (χ1v) is 13.0. The predicted octanol–water partition coefficient (Wildman–Crippen LogP) is 10.5. The highest BCUT2D eigenvalue weighted by Crippen LogP contribution is 2.33. The van der Waals surface area contributed by atoms with Crippen LogP contribution in [0, 0.1) is 0 Å². The molecule has 0 saturated heterocycles. The van der Waals surface area contributed by atoms with Crippen molar-refractivity contribution in [3.63, 3.8) is 0 Å². The molecule has 0 aliphatic carbocycles. The number of hydrogen-bond donors (Lipinski definition) is 0. The third-order valence-corrected chi connectivity index (χ3v) is 6.06. The summed E-state index contributed by atoms with van der Waals surface area (Å²) >= 11 is 0. The Balaban J connectivity index is 1.13. The Kier molecular flexibility index (Phi) is 7.40. The molecule has 0 bridgehead atoms. The van der Waals surface area contributed by atoms with Crippen LogP contribution in [0.2, 0.25) is 0 Å². The van der Waals surface area contributed by atoms with E-state index in [0.717, 1.165) is 45.6 Å². The van der Waals surface area contributed by atoms with Crippen molar-refractivity contribution in [1.29, 1.82) is 0 Å². The second-order valence-electron chi connectivity index (χ2n) is 9.04. The smallest absolute Gasteiger partial charge is 0.131 e. The van der Waals surface area contributed by atoms with Gasteiger partial charge in [0.05, 0.1) is 0 Å². The highest BCUT2D eigenvalue weighted by atomic mass is 16.5. The van der Waals surface area contributed by atoms with E-state index < -0.39 is 0 Å². The molecule has 0 heterocycles. The van der Waals surface area contributed by atoms with Gasteiger partial charge in [-0.3, -0.25) is 0 Å². The van der Waals surface area contributed by atoms with Crippen LogP contribution >= 0.6 is 0 Å². The van der Waals surface area contributed by atoms with Crippen LogP contribution in [-0.4, -0.2) is 0 Å². The second kappa shape index (κ2) is 11.9. The van der Waals surface area contributed by atoms with E-state index >= 15 is 0 Å². The zero-order chi connectivity index (χ0) is 27.0. The van der Waals surface area contributed by atoms with E-state index in [1.165, 1.54) is 0 Å². The lowest BCUT2D eigenvalue weighted by Crippen LogP contribution is -1.88. The molecule has 0 aromatic heterocycles. The molecule has 0 N–H and O–H groups in total. The second-order valence-corrected chi connectivity index (χ2v) is 9.04. The van der Waals surface area contributed by atoms with Gasteiger partial charge in [-0.2, -0.15) is 0 Å². The van der Waals surface area contributed by atoms with Gasteiger partial charge in [0.15, 0.2) is 0 Å². The Bertz CT molecular complexity index is 1680. The van der Waals surface area contributed by atoms with E-state index in [0.29, 0.717) is 11.5 Å². The van der Waals surface area contributed by atoms with Crippen molar-refractivity contribution in [3.05, 3.63) is 158 Å². The van der Waals surface area contributed by atoms with Gasteiger partial charge in [0, 0.05) is 6.07 Å². The minimum absolute atomic E-state index is 0.697. The van der Waals surface area contributed by atoms with E-state index in [1.807, 2.05) is 146 Å². The highest BCUT2D eigenvalue weighted by molar-refractivity contribution is 5.67. The largest absolute Gasteiger partial charge is 0.457 e. The maximum absolute atomic E-state index is 6.18. The fraction of sp³-hybridized carbons (Fsp3) is 0. The lowest BCUT2D eigenvalue weighted by atomic mass is 10.1. The Morgan fingerprint density at radius 3 is 0.975 bits per heavy atom. The number of ether oxygens (including phenoxy) is 4. The number of para-hydroxylation sites is 2. The molecule has 0 atom stereocenters. The van der Waals surface area contributed by atoms with E-state index in [1.54, 1.807) is 0 Å². The van der Waals surface area contributed by atoms with E-state index in [4.69, 9.17) is 18.9 Å². The van der Waals surface area contributed by atoms with Crippen molar-refractivity contribution in [2.24, 2.45) is 0 Å². The Morgan fingerprint density at radius 1 is 0.225 bits per heavy atom. The first-order chi connectivity index (χ1) is 19.8. The Hall–Kier alpha value is -5.48. The van der Waals surface area contributed by atoms with Crippen molar-refractivity contribution < 1.29 is 18.9 Å². The summed E-state index contributed by atoms with van der Waals surface area (Å²) in [6.07, 6.45) is 0. The van der Waals surface area contributed by atoms with Crippen molar-refractivity contribution in [1.82, 2.24) is 0 Å². The molecule has 6 aromatic rings. The molecule has 0 fully saturated rings. The van der Waals surface area contributed by atoms with Gasteiger partial charge >= 0.3 is 0 Å². The SMILES string of the molecule is c1ccc(Oc2ccc(Oc3cccc(-c4cccc(Oc5cccc(Oc6ccccc6)c5)c4)c3)cc2)cc1.